The van der Waals surface area contributed by atoms with Crippen LogP contribution in [0.15, 0.2) is 34.9 Å². The third-order valence-electron chi connectivity index (χ3n) is 3.29. The molecule has 8 heteroatoms. The number of hydrogen-bond acceptors (Lipinski definition) is 7. The van der Waals surface area contributed by atoms with Crippen LogP contribution in [-0.4, -0.2) is 31.1 Å². The zero-order valence-electron chi connectivity index (χ0n) is 13.6. The Kier molecular flexibility index (Phi) is 4.37. The summed E-state index contributed by atoms with van der Waals surface area (Å²) in [7, 11) is 0. The number of esters is 1. The van der Waals surface area contributed by atoms with Crippen molar-refractivity contribution in [1.82, 2.24) is 25.1 Å². The second-order valence-corrected chi connectivity index (χ2v) is 5.54. The van der Waals surface area contributed by atoms with Gasteiger partial charge in [-0.05, 0) is 19.1 Å². The summed E-state index contributed by atoms with van der Waals surface area (Å²) in [6.45, 7) is 5.50. The quantitative estimate of drug-likeness (QED) is 0.664. The van der Waals surface area contributed by atoms with Gasteiger partial charge in [-0.1, -0.05) is 37.2 Å². The molecular formula is C16H17N5O3. The summed E-state index contributed by atoms with van der Waals surface area (Å²) >= 11 is 0. The van der Waals surface area contributed by atoms with Crippen LogP contribution in [0.1, 0.15) is 47.7 Å². The van der Waals surface area contributed by atoms with Gasteiger partial charge in [-0.3, -0.25) is 0 Å². The van der Waals surface area contributed by atoms with E-state index in [0.29, 0.717) is 11.5 Å². The second-order valence-electron chi connectivity index (χ2n) is 5.54. The third-order valence-corrected chi connectivity index (χ3v) is 3.29. The topological polar surface area (TPSA) is 95.9 Å². The monoisotopic (exact) mass is 327 g/mol. The highest BCUT2D eigenvalue weighted by molar-refractivity contribution is 5.88. The fraction of sp³-hybridized carbons (Fsp3) is 0.312. The fourth-order valence-electron chi connectivity index (χ4n) is 2.00. The molecule has 0 saturated heterocycles. The van der Waals surface area contributed by atoms with Gasteiger partial charge in [0.05, 0.1) is 11.4 Å². The first-order chi connectivity index (χ1) is 11.5. The van der Waals surface area contributed by atoms with E-state index >= 15 is 0 Å². The molecule has 3 aromatic rings. The molecule has 0 fully saturated rings. The zero-order valence-corrected chi connectivity index (χ0v) is 13.6. The summed E-state index contributed by atoms with van der Waals surface area (Å²) < 4.78 is 10.2. The summed E-state index contributed by atoms with van der Waals surface area (Å²) in [6, 6.07) is 9.33. The lowest BCUT2D eigenvalue weighted by molar-refractivity contribution is 0.0421. The van der Waals surface area contributed by atoms with Crippen LogP contribution in [0.2, 0.25) is 0 Å². The molecule has 0 atom stereocenters. The Morgan fingerprint density at radius 1 is 1.25 bits per heavy atom. The van der Waals surface area contributed by atoms with Crippen LogP contribution in [0.3, 0.4) is 0 Å². The molecule has 0 N–H and O–H groups in total. The maximum atomic E-state index is 12.2. The number of aryl methyl sites for hydroxylation is 1. The SMILES string of the molecule is Cc1nn(-c2ccccc2)nc1C(=O)OCc1nc(C(C)C)no1. The highest BCUT2D eigenvalue weighted by Gasteiger charge is 2.19. The van der Waals surface area contributed by atoms with Crippen LogP contribution >= 0.6 is 0 Å². The molecule has 0 saturated carbocycles. The van der Waals surface area contributed by atoms with Crippen molar-refractivity contribution in [3.63, 3.8) is 0 Å². The molecule has 0 unspecified atom stereocenters. The van der Waals surface area contributed by atoms with Gasteiger partial charge in [0.15, 0.2) is 18.1 Å². The van der Waals surface area contributed by atoms with Crippen molar-refractivity contribution in [3.05, 3.63) is 53.4 Å². The number of para-hydroxylation sites is 1. The second kappa shape index (κ2) is 6.61. The van der Waals surface area contributed by atoms with E-state index in [4.69, 9.17) is 9.26 Å². The van der Waals surface area contributed by atoms with Gasteiger partial charge in [0, 0.05) is 5.92 Å². The van der Waals surface area contributed by atoms with Crippen LogP contribution in [0, 0.1) is 6.92 Å². The molecule has 1 aromatic carbocycles. The molecule has 0 aliphatic carbocycles. The van der Waals surface area contributed by atoms with Crippen molar-refractivity contribution in [3.8, 4) is 5.69 Å². The molecule has 2 aromatic heterocycles. The zero-order chi connectivity index (χ0) is 17.1. The van der Waals surface area contributed by atoms with E-state index in [0.717, 1.165) is 5.69 Å². The lowest BCUT2D eigenvalue weighted by Crippen LogP contribution is -2.08. The van der Waals surface area contributed by atoms with Gasteiger partial charge in [0.1, 0.15) is 0 Å². The van der Waals surface area contributed by atoms with Gasteiger partial charge >= 0.3 is 5.97 Å². The minimum absolute atomic E-state index is 0.101. The van der Waals surface area contributed by atoms with Gasteiger partial charge in [-0.15, -0.1) is 5.10 Å². The number of carbonyl (C=O) groups is 1. The van der Waals surface area contributed by atoms with Gasteiger partial charge in [-0.25, -0.2) is 4.79 Å². The van der Waals surface area contributed by atoms with Crippen molar-refractivity contribution >= 4 is 5.97 Å². The Labute approximate surface area is 138 Å². The van der Waals surface area contributed by atoms with Crippen molar-refractivity contribution in [1.29, 1.82) is 0 Å². The fourth-order valence-corrected chi connectivity index (χ4v) is 2.00. The number of rotatable bonds is 5. The number of ether oxygens (including phenoxy) is 1. The largest absolute Gasteiger partial charge is 0.451 e. The number of carbonyl (C=O) groups excluding carboxylic acids is 1. The van der Waals surface area contributed by atoms with Crippen LogP contribution in [0.4, 0.5) is 0 Å². The summed E-state index contributed by atoms with van der Waals surface area (Å²) in [4.78, 5) is 17.7. The third kappa shape index (κ3) is 3.32. The Morgan fingerprint density at radius 3 is 2.67 bits per heavy atom. The number of nitrogens with zero attached hydrogens (tertiary/aromatic N) is 5. The van der Waals surface area contributed by atoms with E-state index in [1.807, 2.05) is 44.2 Å². The number of benzene rings is 1. The molecular weight excluding hydrogens is 310 g/mol. The predicted octanol–water partition coefficient (Wildman–Crippen LogP) is 2.44. The van der Waals surface area contributed by atoms with Crippen molar-refractivity contribution in [2.24, 2.45) is 0 Å². The Bertz CT molecular complexity index is 839. The molecule has 0 aliphatic rings. The van der Waals surface area contributed by atoms with E-state index in [-0.39, 0.29) is 24.1 Å². The molecule has 0 spiro atoms. The molecule has 0 aliphatic heterocycles. The van der Waals surface area contributed by atoms with Gasteiger partial charge < -0.3 is 9.26 Å². The first kappa shape index (κ1) is 15.9. The lowest BCUT2D eigenvalue weighted by Gasteiger charge is -1.99. The van der Waals surface area contributed by atoms with Crippen molar-refractivity contribution < 1.29 is 14.1 Å². The summed E-state index contributed by atoms with van der Waals surface area (Å²) in [5, 5.41) is 12.2. The van der Waals surface area contributed by atoms with E-state index in [2.05, 4.69) is 20.3 Å². The number of hydrogen-bond donors (Lipinski definition) is 0. The normalized spacial score (nSPS) is 11.0. The van der Waals surface area contributed by atoms with E-state index < -0.39 is 5.97 Å². The molecule has 0 radical (unpaired) electrons. The molecule has 124 valence electrons. The molecule has 3 rings (SSSR count). The Morgan fingerprint density at radius 2 is 2.00 bits per heavy atom. The van der Waals surface area contributed by atoms with Gasteiger partial charge in [0.25, 0.3) is 5.89 Å². The molecule has 24 heavy (non-hydrogen) atoms. The van der Waals surface area contributed by atoms with E-state index in [1.54, 1.807) is 6.92 Å². The first-order valence-electron chi connectivity index (χ1n) is 7.53. The van der Waals surface area contributed by atoms with E-state index in [9.17, 15) is 4.79 Å². The molecule has 2 heterocycles. The Hall–Kier alpha value is -3.03. The Balaban J connectivity index is 1.70. The van der Waals surface area contributed by atoms with E-state index in [1.165, 1.54) is 4.80 Å². The highest BCUT2D eigenvalue weighted by atomic mass is 16.6. The minimum atomic E-state index is -0.584. The average Bonchev–Trinajstić information content (AvgIpc) is 3.20. The lowest BCUT2D eigenvalue weighted by atomic mass is 10.2. The van der Waals surface area contributed by atoms with Gasteiger partial charge in [0.2, 0.25) is 0 Å². The summed E-state index contributed by atoms with van der Waals surface area (Å²) in [6.07, 6.45) is 0. The van der Waals surface area contributed by atoms with Crippen LogP contribution < -0.4 is 0 Å². The molecule has 0 bridgehead atoms. The smallest absolute Gasteiger partial charge is 0.361 e. The first-order valence-corrected chi connectivity index (χ1v) is 7.53. The van der Waals surface area contributed by atoms with Gasteiger partial charge in [-0.2, -0.15) is 14.9 Å². The van der Waals surface area contributed by atoms with Crippen molar-refractivity contribution in [2.75, 3.05) is 0 Å². The standard InChI is InChI=1S/C16H17N5O3/c1-10(2)15-17-13(24-20-15)9-23-16(22)14-11(3)18-21(19-14)12-7-5-4-6-8-12/h4-8,10H,9H2,1-3H3. The maximum absolute atomic E-state index is 12.2. The molecule has 8 nitrogen and oxygen atoms in total. The van der Waals surface area contributed by atoms with Crippen LogP contribution in [0.25, 0.3) is 5.69 Å². The highest BCUT2D eigenvalue weighted by Crippen LogP contribution is 2.12. The maximum Gasteiger partial charge on any atom is 0.361 e. The summed E-state index contributed by atoms with van der Waals surface area (Å²) in [5.41, 5.74) is 1.40. The predicted molar refractivity (Wildman–Crippen MR) is 83.6 cm³/mol. The van der Waals surface area contributed by atoms with Crippen molar-refractivity contribution in [2.45, 2.75) is 33.3 Å². The van der Waals surface area contributed by atoms with Crippen LogP contribution in [0.5, 0.6) is 0 Å². The minimum Gasteiger partial charge on any atom is -0.451 e. The van der Waals surface area contributed by atoms with Crippen LogP contribution in [-0.2, 0) is 11.3 Å². The molecule has 0 amide bonds. The number of aromatic nitrogens is 5. The average molecular weight is 327 g/mol. The summed E-state index contributed by atoms with van der Waals surface area (Å²) in [5.74, 6) is 0.387.